The van der Waals surface area contributed by atoms with Gasteiger partial charge in [-0.05, 0) is 24.1 Å². The smallest absolute Gasteiger partial charge is 0.239 e. The van der Waals surface area contributed by atoms with Gasteiger partial charge in [-0.3, -0.25) is 4.79 Å². The fourth-order valence-corrected chi connectivity index (χ4v) is 1.79. The Bertz CT molecular complexity index is 453. The Labute approximate surface area is 107 Å². The number of hydrogen-bond acceptors (Lipinski definition) is 2. The van der Waals surface area contributed by atoms with Gasteiger partial charge in [-0.1, -0.05) is 25.5 Å². The molecule has 18 heavy (non-hydrogen) atoms. The van der Waals surface area contributed by atoms with Crippen LogP contribution in [-0.4, -0.2) is 17.9 Å². The lowest BCUT2D eigenvalue weighted by molar-refractivity contribution is -0.133. The van der Waals surface area contributed by atoms with Crippen LogP contribution in [0.4, 0.5) is 4.39 Å². The fraction of sp³-hybridized carbons (Fsp3) is 0.429. The van der Waals surface area contributed by atoms with E-state index in [9.17, 15) is 9.18 Å². The second kappa shape index (κ2) is 6.75. The maximum atomic E-state index is 13.0. The zero-order chi connectivity index (χ0) is 13.5. The first-order chi connectivity index (χ1) is 8.58. The van der Waals surface area contributed by atoms with Gasteiger partial charge in [-0.25, -0.2) is 4.39 Å². The summed E-state index contributed by atoms with van der Waals surface area (Å²) in [5.41, 5.74) is 0.721. The third-order valence-electron chi connectivity index (χ3n) is 2.72. The molecule has 4 heteroatoms. The Morgan fingerprint density at radius 3 is 2.83 bits per heavy atom. The van der Waals surface area contributed by atoms with Crippen molar-refractivity contribution in [3.8, 4) is 6.07 Å². The molecule has 0 aliphatic carbocycles. The summed E-state index contributed by atoms with van der Waals surface area (Å²) in [6.07, 6.45) is 1.35. The topological polar surface area (TPSA) is 44.1 Å². The molecule has 3 nitrogen and oxygen atoms in total. The largest absolute Gasteiger partial charge is 0.340 e. The highest BCUT2D eigenvalue weighted by atomic mass is 19.1. The van der Waals surface area contributed by atoms with Crippen molar-refractivity contribution >= 4 is 5.91 Å². The van der Waals surface area contributed by atoms with Crippen molar-refractivity contribution in [2.75, 3.05) is 7.05 Å². The van der Waals surface area contributed by atoms with Gasteiger partial charge >= 0.3 is 0 Å². The van der Waals surface area contributed by atoms with Crippen molar-refractivity contribution in [1.29, 1.82) is 5.26 Å². The van der Waals surface area contributed by atoms with Gasteiger partial charge in [0.25, 0.3) is 0 Å². The summed E-state index contributed by atoms with van der Waals surface area (Å²) in [5, 5.41) is 8.93. The molecule has 1 amide bonds. The van der Waals surface area contributed by atoms with Crippen LogP contribution >= 0.6 is 0 Å². The van der Waals surface area contributed by atoms with Crippen molar-refractivity contribution < 1.29 is 9.18 Å². The molecule has 0 heterocycles. The van der Waals surface area contributed by atoms with E-state index in [2.05, 4.69) is 0 Å². The van der Waals surface area contributed by atoms with Crippen molar-refractivity contribution in [3.63, 3.8) is 0 Å². The zero-order valence-corrected chi connectivity index (χ0v) is 10.7. The molecule has 0 aliphatic rings. The lowest BCUT2D eigenvalue weighted by Crippen LogP contribution is -2.31. The normalized spacial score (nSPS) is 11.7. The van der Waals surface area contributed by atoms with E-state index in [1.54, 1.807) is 19.2 Å². The van der Waals surface area contributed by atoms with Gasteiger partial charge in [-0.15, -0.1) is 0 Å². The first kappa shape index (κ1) is 14.2. The van der Waals surface area contributed by atoms with Crippen molar-refractivity contribution in [2.45, 2.75) is 26.3 Å². The molecule has 96 valence electrons. The summed E-state index contributed by atoms with van der Waals surface area (Å²) in [6.45, 7) is 2.25. The second-order valence-electron chi connectivity index (χ2n) is 4.29. The predicted octanol–water partition coefficient (Wildman–Crippen LogP) is 2.72. The van der Waals surface area contributed by atoms with Gasteiger partial charge in [0.1, 0.15) is 11.7 Å². The summed E-state index contributed by atoms with van der Waals surface area (Å²) in [6, 6.07) is 8.14. The predicted molar refractivity (Wildman–Crippen MR) is 66.9 cm³/mol. The molecule has 0 radical (unpaired) electrons. The monoisotopic (exact) mass is 248 g/mol. The third kappa shape index (κ3) is 3.85. The minimum Gasteiger partial charge on any atom is -0.340 e. The first-order valence-electron chi connectivity index (χ1n) is 5.97. The molecule has 0 saturated carbocycles. The standard InChI is InChI=1S/C14H17FN2O/c1-3-5-12(9-16)14(18)17(2)10-11-6-4-7-13(15)8-11/h4,6-8,12H,3,5,10H2,1-2H3. The minimum absolute atomic E-state index is 0.205. The summed E-state index contributed by atoms with van der Waals surface area (Å²) in [5.74, 6) is -1.13. The number of carbonyl (C=O) groups excluding carboxylic acids is 1. The van der Waals surface area contributed by atoms with Gasteiger partial charge in [0.15, 0.2) is 0 Å². The molecular weight excluding hydrogens is 231 g/mol. The SMILES string of the molecule is CCCC(C#N)C(=O)N(C)Cc1cccc(F)c1. The Morgan fingerprint density at radius 2 is 2.28 bits per heavy atom. The molecule has 1 unspecified atom stereocenters. The van der Waals surface area contributed by atoms with E-state index in [4.69, 9.17) is 5.26 Å². The fourth-order valence-electron chi connectivity index (χ4n) is 1.79. The van der Waals surface area contributed by atoms with Gasteiger partial charge in [0.05, 0.1) is 6.07 Å². The van der Waals surface area contributed by atoms with Gasteiger partial charge in [-0.2, -0.15) is 5.26 Å². The van der Waals surface area contributed by atoms with Crippen molar-refractivity contribution in [2.24, 2.45) is 5.92 Å². The number of benzene rings is 1. The van der Waals surface area contributed by atoms with Crippen LogP contribution in [-0.2, 0) is 11.3 Å². The Balaban J connectivity index is 2.68. The van der Waals surface area contributed by atoms with Crippen molar-refractivity contribution in [3.05, 3.63) is 35.6 Å². The van der Waals surface area contributed by atoms with Gasteiger partial charge in [0, 0.05) is 13.6 Å². The van der Waals surface area contributed by atoms with E-state index >= 15 is 0 Å². The number of halogens is 1. The highest BCUT2D eigenvalue weighted by Crippen LogP contribution is 2.12. The van der Waals surface area contributed by atoms with Crippen LogP contribution in [0.5, 0.6) is 0 Å². The van der Waals surface area contributed by atoms with Crippen LogP contribution in [0.25, 0.3) is 0 Å². The van der Waals surface area contributed by atoms with Crippen LogP contribution in [0, 0.1) is 23.1 Å². The summed E-state index contributed by atoms with van der Waals surface area (Å²) in [7, 11) is 1.63. The number of nitrogens with zero attached hydrogens (tertiary/aromatic N) is 2. The molecule has 0 spiro atoms. The van der Waals surface area contributed by atoms with E-state index in [0.717, 1.165) is 12.0 Å². The summed E-state index contributed by atoms with van der Waals surface area (Å²) >= 11 is 0. The Hall–Kier alpha value is -1.89. The number of rotatable bonds is 5. The second-order valence-corrected chi connectivity index (χ2v) is 4.29. The van der Waals surface area contributed by atoms with Crippen LogP contribution in [0.2, 0.25) is 0 Å². The minimum atomic E-state index is -0.603. The quantitative estimate of drug-likeness (QED) is 0.804. The lowest BCUT2D eigenvalue weighted by atomic mass is 10.0. The number of carbonyl (C=O) groups is 1. The number of nitriles is 1. The molecule has 1 aromatic rings. The molecule has 0 aromatic heterocycles. The van der Waals surface area contributed by atoms with E-state index in [1.165, 1.54) is 17.0 Å². The molecule has 0 fully saturated rings. The van der Waals surface area contributed by atoms with E-state index in [1.807, 2.05) is 13.0 Å². The Kier molecular flexibility index (Phi) is 5.31. The zero-order valence-electron chi connectivity index (χ0n) is 10.7. The molecule has 1 aromatic carbocycles. The van der Waals surface area contributed by atoms with Crippen LogP contribution in [0.3, 0.4) is 0 Å². The molecule has 0 bridgehead atoms. The van der Waals surface area contributed by atoms with E-state index in [0.29, 0.717) is 13.0 Å². The highest BCUT2D eigenvalue weighted by molar-refractivity contribution is 5.80. The summed E-state index contributed by atoms with van der Waals surface area (Å²) < 4.78 is 13.0. The molecule has 0 aliphatic heterocycles. The average Bonchev–Trinajstić information content (AvgIpc) is 2.35. The highest BCUT2D eigenvalue weighted by Gasteiger charge is 2.20. The lowest BCUT2D eigenvalue weighted by Gasteiger charge is -2.20. The summed E-state index contributed by atoms with van der Waals surface area (Å²) in [4.78, 5) is 13.4. The maximum Gasteiger partial charge on any atom is 0.239 e. The number of amides is 1. The first-order valence-corrected chi connectivity index (χ1v) is 5.97. The Morgan fingerprint density at radius 1 is 1.56 bits per heavy atom. The van der Waals surface area contributed by atoms with E-state index < -0.39 is 5.92 Å². The van der Waals surface area contributed by atoms with E-state index in [-0.39, 0.29) is 11.7 Å². The number of hydrogen-bond donors (Lipinski definition) is 0. The van der Waals surface area contributed by atoms with Gasteiger partial charge < -0.3 is 4.90 Å². The maximum absolute atomic E-state index is 13.0. The third-order valence-corrected chi connectivity index (χ3v) is 2.72. The van der Waals surface area contributed by atoms with Crippen LogP contribution < -0.4 is 0 Å². The van der Waals surface area contributed by atoms with Crippen LogP contribution in [0.15, 0.2) is 24.3 Å². The molecule has 0 N–H and O–H groups in total. The molecular formula is C14H17FN2O. The van der Waals surface area contributed by atoms with Crippen molar-refractivity contribution in [1.82, 2.24) is 4.90 Å². The molecule has 0 saturated heterocycles. The average molecular weight is 248 g/mol. The van der Waals surface area contributed by atoms with Gasteiger partial charge in [0.2, 0.25) is 5.91 Å². The van der Waals surface area contributed by atoms with Crippen LogP contribution in [0.1, 0.15) is 25.3 Å². The molecule has 1 atom stereocenters. The molecule has 1 rings (SSSR count).